The van der Waals surface area contributed by atoms with E-state index in [9.17, 15) is 9.59 Å². The normalized spacial score (nSPS) is 11.2. The van der Waals surface area contributed by atoms with Crippen molar-refractivity contribution in [2.75, 3.05) is 14.2 Å². The van der Waals surface area contributed by atoms with Crippen molar-refractivity contribution in [3.8, 4) is 0 Å². The Kier molecular flexibility index (Phi) is 9.60. The number of ketones is 1. The Morgan fingerprint density at radius 1 is 1.50 bits per heavy atom. The monoisotopic (exact) mass is 247 g/mol. The van der Waals surface area contributed by atoms with Gasteiger partial charge in [0.25, 0.3) is 0 Å². The van der Waals surface area contributed by atoms with Crippen molar-refractivity contribution < 1.29 is 47.0 Å². The molecule has 0 aliphatic carbocycles. The topological polar surface area (TPSA) is 57.5 Å². The zero-order valence-electron chi connectivity index (χ0n) is 7.53. The first-order valence-electron chi connectivity index (χ1n) is 3.28. The summed E-state index contributed by atoms with van der Waals surface area (Å²) in [5.74, 6) is -0.520. The van der Waals surface area contributed by atoms with Crippen LogP contribution in [0.25, 0.3) is 5.32 Å². The van der Waals surface area contributed by atoms with Gasteiger partial charge in [-0.2, -0.15) is 7.05 Å². The van der Waals surface area contributed by atoms with Crippen molar-refractivity contribution in [1.82, 2.24) is 0 Å². The summed E-state index contributed by atoms with van der Waals surface area (Å²) in [6.45, 7) is 1.40. The maximum atomic E-state index is 10.7. The molecule has 0 saturated heterocycles. The van der Waals surface area contributed by atoms with E-state index in [0.717, 1.165) is 0 Å². The van der Waals surface area contributed by atoms with E-state index in [2.05, 4.69) is 10.1 Å². The first-order valence-corrected chi connectivity index (χ1v) is 3.28. The Morgan fingerprint density at radius 3 is 2.25 bits per heavy atom. The minimum absolute atomic E-state index is 0. The molecule has 5 heteroatoms. The summed E-state index contributed by atoms with van der Waals surface area (Å²) in [6, 6.07) is -0.539. The van der Waals surface area contributed by atoms with Crippen molar-refractivity contribution in [1.29, 1.82) is 0 Å². The number of hydrogen-bond donors (Lipinski definition) is 0. The van der Waals surface area contributed by atoms with Gasteiger partial charge in [-0.1, -0.05) is 6.04 Å². The number of carbonyl (C=O) groups is 2. The zero-order chi connectivity index (χ0) is 8.85. The number of carbonyl (C=O) groups excluding carboxylic acids is 2. The molecule has 4 nitrogen and oxygen atoms in total. The van der Waals surface area contributed by atoms with Gasteiger partial charge < -0.3 is 14.8 Å². The summed E-state index contributed by atoms with van der Waals surface area (Å²) in [7, 11) is 2.80. The molecule has 0 aliphatic rings. The van der Waals surface area contributed by atoms with Gasteiger partial charge >= 0.3 is 5.97 Å². The number of likely N-dealkylation sites (N-methyl/N-ethyl adjacent to an activating group) is 1. The van der Waals surface area contributed by atoms with Crippen LogP contribution in [-0.4, -0.2) is 32.0 Å². The molecule has 1 atom stereocenters. The standard InChI is InChI=1S/C7H12NO3.Y/c1-5(9)6(8-2)4-7(10)11-3;/h6H,4H2,1-3H3;/q-1;. The molecule has 1 unspecified atom stereocenters. The summed E-state index contributed by atoms with van der Waals surface area (Å²) in [5.41, 5.74) is 0. The van der Waals surface area contributed by atoms with E-state index >= 15 is 0 Å². The Hall–Kier alpha value is 0.204. The van der Waals surface area contributed by atoms with Crippen LogP contribution in [0.4, 0.5) is 0 Å². The molecular weight excluding hydrogens is 235 g/mol. The van der Waals surface area contributed by atoms with Gasteiger partial charge in [-0.15, -0.1) is 0 Å². The third-order valence-corrected chi connectivity index (χ3v) is 1.37. The largest absolute Gasteiger partial charge is 0.656 e. The molecule has 0 spiro atoms. The molecule has 12 heavy (non-hydrogen) atoms. The SMILES string of the molecule is C[N-]C(CC(=O)OC)C(C)=O.[Y]. The second-order valence-electron chi connectivity index (χ2n) is 2.16. The molecule has 1 radical (unpaired) electrons. The van der Waals surface area contributed by atoms with Gasteiger partial charge in [0.15, 0.2) is 0 Å². The summed E-state index contributed by atoms with van der Waals surface area (Å²) < 4.78 is 4.38. The first-order chi connectivity index (χ1) is 5.11. The molecule has 0 amide bonds. The number of esters is 1. The predicted molar refractivity (Wildman–Crippen MR) is 40.4 cm³/mol. The van der Waals surface area contributed by atoms with Crippen LogP contribution >= 0.6 is 0 Å². The van der Waals surface area contributed by atoms with Gasteiger partial charge in [-0.25, -0.2) is 0 Å². The molecule has 0 bridgehead atoms. The van der Waals surface area contributed by atoms with E-state index in [1.807, 2.05) is 0 Å². The van der Waals surface area contributed by atoms with E-state index in [-0.39, 0.29) is 44.9 Å². The Labute approximate surface area is 97.3 Å². The van der Waals surface area contributed by atoms with Crippen LogP contribution in [0.1, 0.15) is 13.3 Å². The van der Waals surface area contributed by atoms with Crippen molar-refractivity contribution in [2.24, 2.45) is 0 Å². The van der Waals surface area contributed by atoms with Gasteiger partial charge in [-0.3, -0.25) is 4.79 Å². The van der Waals surface area contributed by atoms with Crippen LogP contribution in [-0.2, 0) is 47.0 Å². The average molecular weight is 247 g/mol. The zero-order valence-corrected chi connectivity index (χ0v) is 10.4. The fourth-order valence-corrected chi connectivity index (χ4v) is 0.658. The minimum Gasteiger partial charge on any atom is -0.656 e. The summed E-state index contributed by atoms with van der Waals surface area (Å²) in [4.78, 5) is 21.4. The molecule has 0 aromatic carbocycles. The summed E-state index contributed by atoms with van der Waals surface area (Å²) in [5, 5.41) is 3.73. The molecule has 67 valence electrons. The maximum absolute atomic E-state index is 10.7. The number of ether oxygens (including phenoxy) is 1. The molecule has 0 saturated carbocycles. The van der Waals surface area contributed by atoms with E-state index in [0.29, 0.717) is 0 Å². The molecule has 0 fully saturated rings. The van der Waals surface area contributed by atoms with E-state index in [1.54, 1.807) is 0 Å². The molecule has 0 aromatic rings. The van der Waals surface area contributed by atoms with Gasteiger partial charge in [0.2, 0.25) is 0 Å². The van der Waals surface area contributed by atoms with Gasteiger partial charge in [-0.05, 0) is 6.92 Å². The maximum Gasteiger partial charge on any atom is 0.304 e. The van der Waals surface area contributed by atoms with Gasteiger partial charge in [0.05, 0.1) is 7.11 Å². The van der Waals surface area contributed by atoms with Crippen LogP contribution < -0.4 is 0 Å². The number of hydrogen-bond acceptors (Lipinski definition) is 3. The van der Waals surface area contributed by atoms with Gasteiger partial charge in [0, 0.05) is 39.1 Å². The number of Topliss-reactive ketones (excluding diaryl/α,β-unsaturated/α-hetero) is 1. The molecule has 0 N–H and O–H groups in total. The quantitative estimate of drug-likeness (QED) is 0.680. The van der Waals surface area contributed by atoms with Gasteiger partial charge in [0.1, 0.15) is 5.78 Å². The number of methoxy groups -OCH3 is 1. The molecular formula is C7H12NO3Y-. The van der Waals surface area contributed by atoms with Crippen molar-refractivity contribution in [3.63, 3.8) is 0 Å². The third kappa shape index (κ3) is 5.80. The molecule has 0 rings (SSSR count). The average Bonchev–Trinajstić information content (AvgIpc) is 1.99. The smallest absolute Gasteiger partial charge is 0.304 e. The Bertz CT molecular complexity index is 161. The third-order valence-electron chi connectivity index (χ3n) is 1.37. The summed E-state index contributed by atoms with van der Waals surface area (Å²) >= 11 is 0. The summed E-state index contributed by atoms with van der Waals surface area (Å²) in [6.07, 6.45) is 0.0440. The molecule has 0 aromatic heterocycles. The van der Waals surface area contributed by atoms with E-state index < -0.39 is 12.0 Å². The van der Waals surface area contributed by atoms with Crippen molar-refractivity contribution in [2.45, 2.75) is 19.4 Å². The van der Waals surface area contributed by atoms with Crippen LogP contribution in [0.3, 0.4) is 0 Å². The van der Waals surface area contributed by atoms with Crippen LogP contribution in [0, 0.1) is 0 Å². The first kappa shape index (κ1) is 14.7. The molecule has 0 aliphatic heterocycles. The van der Waals surface area contributed by atoms with E-state index in [1.165, 1.54) is 21.1 Å². The Morgan fingerprint density at radius 2 is 2.00 bits per heavy atom. The second-order valence-corrected chi connectivity index (χ2v) is 2.16. The fourth-order valence-electron chi connectivity index (χ4n) is 0.658. The number of nitrogens with zero attached hydrogens (tertiary/aromatic N) is 1. The van der Waals surface area contributed by atoms with Crippen LogP contribution in [0.15, 0.2) is 0 Å². The van der Waals surface area contributed by atoms with E-state index in [4.69, 9.17) is 0 Å². The second kappa shape index (κ2) is 7.83. The van der Waals surface area contributed by atoms with Crippen LogP contribution in [0.2, 0.25) is 0 Å². The fraction of sp³-hybridized carbons (Fsp3) is 0.714. The van der Waals surface area contributed by atoms with Crippen molar-refractivity contribution in [3.05, 3.63) is 5.32 Å². The van der Waals surface area contributed by atoms with Crippen molar-refractivity contribution >= 4 is 11.8 Å². The van der Waals surface area contributed by atoms with Crippen LogP contribution in [0.5, 0.6) is 0 Å². The molecule has 0 heterocycles. The Balaban J connectivity index is 0. The predicted octanol–water partition coefficient (Wildman–Crippen LogP) is 0.508. The minimum atomic E-state index is -0.539. The number of rotatable bonds is 4.